The first-order valence-corrected chi connectivity index (χ1v) is 5.25. The summed E-state index contributed by atoms with van der Waals surface area (Å²) in [5.41, 5.74) is 3.61. The molecule has 2 rings (SSSR count). The van der Waals surface area contributed by atoms with Gasteiger partial charge in [-0.15, -0.1) is 10.2 Å². The Kier molecular flexibility index (Phi) is 3.24. The van der Waals surface area contributed by atoms with Crippen molar-refractivity contribution >= 4 is 5.95 Å². The Morgan fingerprint density at radius 2 is 2.24 bits per heavy atom. The van der Waals surface area contributed by atoms with Crippen molar-refractivity contribution in [2.75, 3.05) is 5.43 Å². The summed E-state index contributed by atoms with van der Waals surface area (Å²) in [4.78, 5) is 0. The van der Waals surface area contributed by atoms with E-state index in [0.717, 1.165) is 11.3 Å². The van der Waals surface area contributed by atoms with E-state index in [1.807, 2.05) is 38.2 Å². The highest BCUT2D eigenvalue weighted by Gasteiger charge is 2.07. The summed E-state index contributed by atoms with van der Waals surface area (Å²) in [6.45, 7) is 2.38. The van der Waals surface area contributed by atoms with Crippen LogP contribution >= 0.6 is 0 Å². The Balaban J connectivity index is 2.05. The van der Waals surface area contributed by atoms with Gasteiger partial charge >= 0.3 is 0 Å². The van der Waals surface area contributed by atoms with E-state index in [0.29, 0.717) is 18.4 Å². The number of rotatable bonds is 4. The fourth-order valence-corrected chi connectivity index (χ4v) is 1.47. The highest BCUT2D eigenvalue weighted by Crippen LogP contribution is 2.14. The van der Waals surface area contributed by atoms with Crippen LogP contribution in [0.2, 0.25) is 0 Å². The number of hydrazine groups is 1. The summed E-state index contributed by atoms with van der Waals surface area (Å²) >= 11 is 0. The summed E-state index contributed by atoms with van der Waals surface area (Å²) < 4.78 is 7.37. The summed E-state index contributed by atoms with van der Waals surface area (Å²) in [5.74, 6) is 7.31. The molecule has 17 heavy (non-hydrogen) atoms. The third kappa shape index (κ3) is 2.54. The minimum absolute atomic E-state index is 0.356. The largest absolute Gasteiger partial charge is 0.486 e. The normalized spacial score (nSPS) is 10.3. The molecule has 0 bridgehead atoms. The third-order valence-electron chi connectivity index (χ3n) is 2.45. The van der Waals surface area contributed by atoms with Gasteiger partial charge in [0.05, 0.1) is 0 Å². The van der Waals surface area contributed by atoms with Gasteiger partial charge in [0, 0.05) is 7.05 Å². The van der Waals surface area contributed by atoms with Crippen LogP contribution in [0.4, 0.5) is 5.95 Å². The molecule has 1 heterocycles. The first kappa shape index (κ1) is 11.4. The summed E-state index contributed by atoms with van der Waals surface area (Å²) in [7, 11) is 1.82. The van der Waals surface area contributed by atoms with Crippen molar-refractivity contribution in [3.05, 3.63) is 35.7 Å². The van der Waals surface area contributed by atoms with Gasteiger partial charge in [-0.3, -0.25) is 9.99 Å². The third-order valence-corrected chi connectivity index (χ3v) is 2.45. The lowest BCUT2D eigenvalue weighted by molar-refractivity contribution is 0.291. The smallest absolute Gasteiger partial charge is 0.238 e. The molecule has 1 aromatic carbocycles. The minimum Gasteiger partial charge on any atom is -0.486 e. The number of nitrogens with one attached hydrogen (secondary N) is 1. The van der Waals surface area contributed by atoms with Crippen molar-refractivity contribution < 1.29 is 4.74 Å². The zero-order chi connectivity index (χ0) is 12.3. The standard InChI is InChI=1S/C11H15N5O/c1-8-4-3-5-9(6-8)17-7-10-14-15-11(13-12)16(10)2/h3-6H,7,12H2,1-2H3,(H,13,15). The molecule has 0 saturated carbocycles. The molecular formula is C11H15N5O. The zero-order valence-corrected chi connectivity index (χ0v) is 9.84. The summed E-state index contributed by atoms with van der Waals surface area (Å²) in [5, 5.41) is 7.83. The number of aryl methyl sites for hydroxylation is 1. The average Bonchev–Trinajstić information content (AvgIpc) is 2.67. The van der Waals surface area contributed by atoms with E-state index in [2.05, 4.69) is 15.6 Å². The minimum atomic E-state index is 0.356. The van der Waals surface area contributed by atoms with Crippen LogP contribution < -0.4 is 16.0 Å². The van der Waals surface area contributed by atoms with Crippen LogP contribution in [0.3, 0.4) is 0 Å². The Bertz CT molecular complexity index is 508. The predicted molar refractivity (Wildman–Crippen MR) is 64.3 cm³/mol. The molecule has 0 unspecified atom stereocenters. The molecule has 0 saturated heterocycles. The molecule has 0 aliphatic carbocycles. The van der Waals surface area contributed by atoms with Crippen molar-refractivity contribution in [2.45, 2.75) is 13.5 Å². The number of anilines is 1. The lowest BCUT2D eigenvalue weighted by Gasteiger charge is -2.06. The summed E-state index contributed by atoms with van der Waals surface area (Å²) in [6, 6.07) is 7.85. The van der Waals surface area contributed by atoms with E-state index in [1.54, 1.807) is 4.57 Å². The second-order valence-corrected chi connectivity index (χ2v) is 3.75. The van der Waals surface area contributed by atoms with Crippen molar-refractivity contribution in [3.8, 4) is 5.75 Å². The molecule has 0 atom stereocenters. The molecule has 1 aromatic heterocycles. The molecule has 2 aromatic rings. The van der Waals surface area contributed by atoms with E-state index in [4.69, 9.17) is 10.6 Å². The Morgan fingerprint density at radius 3 is 2.88 bits per heavy atom. The molecule has 90 valence electrons. The zero-order valence-electron chi connectivity index (χ0n) is 9.84. The van der Waals surface area contributed by atoms with Gasteiger partial charge in [0.15, 0.2) is 5.82 Å². The summed E-state index contributed by atoms with van der Waals surface area (Å²) in [6.07, 6.45) is 0. The van der Waals surface area contributed by atoms with Gasteiger partial charge in [0.25, 0.3) is 0 Å². The molecule has 3 N–H and O–H groups in total. The molecule has 6 nitrogen and oxygen atoms in total. The molecule has 0 fully saturated rings. The number of ether oxygens (including phenoxy) is 1. The van der Waals surface area contributed by atoms with Gasteiger partial charge in [-0.05, 0) is 24.6 Å². The number of nitrogens with two attached hydrogens (primary N) is 1. The number of aromatic nitrogens is 3. The SMILES string of the molecule is Cc1cccc(OCc2nnc(NN)n2C)c1. The van der Waals surface area contributed by atoms with Crippen LogP contribution in [0, 0.1) is 6.92 Å². The van der Waals surface area contributed by atoms with E-state index in [1.165, 1.54) is 0 Å². The predicted octanol–water partition coefficient (Wildman–Crippen LogP) is 0.988. The van der Waals surface area contributed by atoms with Gasteiger partial charge in [-0.1, -0.05) is 12.1 Å². The van der Waals surface area contributed by atoms with Crippen molar-refractivity contribution in [1.82, 2.24) is 14.8 Å². The van der Waals surface area contributed by atoms with Gasteiger partial charge in [-0.25, -0.2) is 5.84 Å². The topological polar surface area (TPSA) is 78.0 Å². The number of benzene rings is 1. The average molecular weight is 233 g/mol. The maximum atomic E-state index is 5.62. The van der Waals surface area contributed by atoms with Crippen molar-refractivity contribution in [3.63, 3.8) is 0 Å². The second-order valence-electron chi connectivity index (χ2n) is 3.75. The van der Waals surface area contributed by atoms with Gasteiger partial charge in [0.1, 0.15) is 12.4 Å². The molecule has 6 heteroatoms. The number of nitrogens with zero attached hydrogens (tertiary/aromatic N) is 3. The highest BCUT2D eigenvalue weighted by atomic mass is 16.5. The van der Waals surface area contributed by atoms with E-state index in [9.17, 15) is 0 Å². The Morgan fingerprint density at radius 1 is 1.41 bits per heavy atom. The maximum Gasteiger partial charge on any atom is 0.238 e. The first-order valence-electron chi connectivity index (χ1n) is 5.25. The fourth-order valence-electron chi connectivity index (χ4n) is 1.47. The Hall–Kier alpha value is -2.08. The quantitative estimate of drug-likeness (QED) is 0.608. The van der Waals surface area contributed by atoms with Crippen LogP contribution in [0.1, 0.15) is 11.4 Å². The molecule has 0 aliphatic heterocycles. The van der Waals surface area contributed by atoms with Crippen LogP contribution in [-0.4, -0.2) is 14.8 Å². The van der Waals surface area contributed by atoms with Gasteiger partial charge in [-0.2, -0.15) is 0 Å². The maximum absolute atomic E-state index is 5.62. The van der Waals surface area contributed by atoms with E-state index < -0.39 is 0 Å². The van der Waals surface area contributed by atoms with Crippen LogP contribution in [0.5, 0.6) is 5.75 Å². The molecule has 0 spiro atoms. The lowest BCUT2D eigenvalue weighted by atomic mass is 10.2. The van der Waals surface area contributed by atoms with Crippen LogP contribution in [-0.2, 0) is 13.7 Å². The van der Waals surface area contributed by atoms with Crippen LogP contribution in [0.15, 0.2) is 24.3 Å². The molecule has 0 radical (unpaired) electrons. The first-order chi connectivity index (χ1) is 8.20. The molecule has 0 aliphatic rings. The van der Waals surface area contributed by atoms with Crippen molar-refractivity contribution in [1.29, 1.82) is 0 Å². The molecular weight excluding hydrogens is 218 g/mol. The van der Waals surface area contributed by atoms with E-state index in [-0.39, 0.29) is 0 Å². The number of nitrogen functional groups attached to an aromatic ring is 1. The van der Waals surface area contributed by atoms with Gasteiger partial charge in [0.2, 0.25) is 5.95 Å². The van der Waals surface area contributed by atoms with Crippen LogP contribution in [0.25, 0.3) is 0 Å². The number of hydrogen-bond donors (Lipinski definition) is 2. The lowest BCUT2D eigenvalue weighted by Crippen LogP contribution is -2.13. The highest BCUT2D eigenvalue weighted by molar-refractivity contribution is 5.28. The Labute approximate surface area is 99.4 Å². The number of hydrogen-bond acceptors (Lipinski definition) is 5. The van der Waals surface area contributed by atoms with Gasteiger partial charge < -0.3 is 4.74 Å². The second kappa shape index (κ2) is 4.84. The fraction of sp³-hybridized carbons (Fsp3) is 0.273. The molecule has 0 amide bonds. The van der Waals surface area contributed by atoms with E-state index >= 15 is 0 Å². The van der Waals surface area contributed by atoms with Crippen molar-refractivity contribution in [2.24, 2.45) is 12.9 Å². The monoisotopic (exact) mass is 233 g/mol.